The van der Waals surface area contributed by atoms with Crippen molar-refractivity contribution in [3.63, 3.8) is 0 Å². The number of aromatic nitrogens is 3. The lowest BCUT2D eigenvalue weighted by molar-refractivity contribution is -0.126. The first-order valence-electron chi connectivity index (χ1n) is 6.40. The fraction of sp³-hybridized carbons (Fsp3) is 0.357. The number of amides is 1. The Morgan fingerprint density at radius 2 is 2.21 bits per heavy atom. The van der Waals surface area contributed by atoms with Crippen LogP contribution in [-0.2, 0) is 11.3 Å². The lowest BCUT2D eigenvalue weighted by Crippen LogP contribution is -2.20. The lowest BCUT2D eigenvalue weighted by atomic mass is 10.1. The van der Waals surface area contributed by atoms with Gasteiger partial charge in [-0.25, -0.2) is 4.98 Å². The van der Waals surface area contributed by atoms with Crippen molar-refractivity contribution < 1.29 is 4.79 Å². The van der Waals surface area contributed by atoms with Gasteiger partial charge in [0.2, 0.25) is 5.91 Å². The summed E-state index contributed by atoms with van der Waals surface area (Å²) in [7, 11) is 1.86. The quantitative estimate of drug-likeness (QED) is 0.834. The summed E-state index contributed by atoms with van der Waals surface area (Å²) in [6.45, 7) is 1.63. The number of nitrogens with zero attached hydrogens (tertiary/aromatic N) is 4. The van der Waals surface area contributed by atoms with Crippen molar-refractivity contribution in [2.75, 3.05) is 13.6 Å². The van der Waals surface area contributed by atoms with Crippen LogP contribution >= 0.6 is 0 Å². The van der Waals surface area contributed by atoms with Crippen molar-refractivity contribution >= 4 is 5.91 Å². The second kappa shape index (κ2) is 4.84. The van der Waals surface area contributed by atoms with Crippen LogP contribution in [0.15, 0.2) is 36.8 Å². The SMILES string of the molecule is CN1CC(Cn2ccnc2-c2ccccn2)CC1=O. The summed E-state index contributed by atoms with van der Waals surface area (Å²) in [5, 5.41) is 0. The van der Waals surface area contributed by atoms with E-state index >= 15 is 0 Å². The number of carbonyl (C=O) groups excluding carboxylic acids is 1. The summed E-state index contributed by atoms with van der Waals surface area (Å²) in [6, 6.07) is 5.79. The van der Waals surface area contributed by atoms with Crippen LogP contribution in [0.2, 0.25) is 0 Å². The first kappa shape index (κ1) is 11.9. The third-order valence-corrected chi connectivity index (χ3v) is 3.49. The monoisotopic (exact) mass is 256 g/mol. The van der Waals surface area contributed by atoms with Gasteiger partial charge in [-0.1, -0.05) is 6.07 Å². The molecule has 1 saturated heterocycles. The van der Waals surface area contributed by atoms with Gasteiger partial charge in [0, 0.05) is 51.1 Å². The molecule has 1 aliphatic heterocycles. The standard InChI is InChI=1S/C14H16N4O/c1-17-9-11(8-13(17)19)10-18-7-6-16-14(18)12-4-2-3-5-15-12/h2-7,11H,8-10H2,1H3. The zero-order valence-corrected chi connectivity index (χ0v) is 10.9. The molecule has 0 bridgehead atoms. The summed E-state index contributed by atoms with van der Waals surface area (Å²) < 4.78 is 2.08. The molecule has 5 heteroatoms. The molecule has 2 aromatic rings. The largest absolute Gasteiger partial charge is 0.345 e. The van der Waals surface area contributed by atoms with E-state index in [0.29, 0.717) is 12.3 Å². The lowest BCUT2D eigenvalue weighted by Gasteiger charge is -2.13. The summed E-state index contributed by atoms with van der Waals surface area (Å²) in [5.41, 5.74) is 0.866. The van der Waals surface area contributed by atoms with Gasteiger partial charge >= 0.3 is 0 Å². The van der Waals surface area contributed by atoms with E-state index in [1.807, 2.05) is 31.4 Å². The first-order chi connectivity index (χ1) is 9.24. The van der Waals surface area contributed by atoms with E-state index in [1.165, 1.54) is 0 Å². The van der Waals surface area contributed by atoms with Gasteiger partial charge in [-0.3, -0.25) is 9.78 Å². The Kier molecular flexibility index (Phi) is 3.03. The molecule has 1 atom stereocenters. The van der Waals surface area contributed by atoms with E-state index in [2.05, 4.69) is 14.5 Å². The Bertz CT molecular complexity index is 578. The minimum Gasteiger partial charge on any atom is -0.345 e. The van der Waals surface area contributed by atoms with Gasteiger partial charge < -0.3 is 9.47 Å². The minimum absolute atomic E-state index is 0.226. The van der Waals surface area contributed by atoms with Gasteiger partial charge in [0.1, 0.15) is 5.69 Å². The molecule has 2 aromatic heterocycles. The predicted molar refractivity (Wildman–Crippen MR) is 71.2 cm³/mol. The van der Waals surface area contributed by atoms with Crippen LogP contribution < -0.4 is 0 Å². The van der Waals surface area contributed by atoms with E-state index < -0.39 is 0 Å². The van der Waals surface area contributed by atoms with Crippen molar-refractivity contribution in [1.29, 1.82) is 0 Å². The van der Waals surface area contributed by atoms with Crippen LogP contribution in [0.4, 0.5) is 0 Å². The molecule has 0 spiro atoms. The van der Waals surface area contributed by atoms with Gasteiger partial charge in [0.25, 0.3) is 0 Å². The molecule has 1 aliphatic rings. The maximum Gasteiger partial charge on any atom is 0.222 e. The number of likely N-dealkylation sites (tertiary alicyclic amines) is 1. The summed E-state index contributed by atoms with van der Waals surface area (Å²) in [5.74, 6) is 1.45. The number of rotatable bonds is 3. The molecule has 0 radical (unpaired) electrons. The van der Waals surface area contributed by atoms with Crippen LogP contribution in [-0.4, -0.2) is 38.9 Å². The second-order valence-corrected chi connectivity index (χ2v) is 4.96. The highest BCUT2D eigenvalue weighted by Crippen LogP contribution is 2.21. The number of hydrogen-bond acceptors (Lipinski definition) is 3. The highest BCUT2D eigenvalue weighted by molar-refractivity contribution is 5.78. The second-order valence-electron chi connectivity index (χ2n) is 4.96. The van der Waals surface area contributed by atoms with Crippen LogP contribution in [0.1, 0.15) is 6.42 Å². The molecule has 0 aliphatic carbocycles. The predicted octanol–water partition coefficient (Wildman–Crippen LogP) is 1.42. The Hall–Kier alpha value is -2.17. The van der Waals surface area contributed by atoms with E-state index in [9.17, 15) is 4.79 Å². The maximum absolute atomic E-state index is 11.6. The van der Waals surface area contributed by atoms with Crippen molar-refractivity contribution in [3.8, 4) is 11.5 Å². The van der Waals surface area contributed by atoms with Crippen molar-refractivity contribution in [2.24, 2.45) is 5.92 Å². The first-order valence-corrected chi connectivity index (χ1v) is 6.40. The van der Waals surface area contributed by atoms with Crippen molar-refractivity contribution in [1.82, 2.24) is 19.4 Å². The molecule has 0 aromatic carbocycles. The molecule has 3 heterocycles. The minimum atomic E-state index is 0.226. The normalized spacial score (nSPS) is 19.1. The zero-order chi connectivity index (χ0) is 13.2. The molecule has 3 rings (SSSR count). The number of carbonyl (C=O) groups is 1. The van der Waals surface area contributed by atoms with Gasteiger partial charge in [-0.2, -0.15) is 0 Å². The molecule has 1 fully saturated rings. The van der Waals surface area contributed by atoms with Crippen LogP contribution in [0.25, 0.3) is 11.5 Å². The molecule has 1 unspecified atom stereocenters. The average molecular weight is 256 g/mol. The van der Waals surface area contributed by atoms with Gasteiger partial charge in [0.15, 0.2) is 5.82 Å². The molecule has 19 heavy (non-hydrogen) atoms. The van der Waals surface area contributed by atoms with Gasteiger partial charge in [-0.05, 0) is 12.1 Å². The van der Waals surface area contributed by atoms with Crippen molar-refractivity contribution in [2.45, 2.75) is 13.0 Å². The smallest absolute Gasteiger partial charge is 0.222 e. The van der Waals surface area contributed by atoms with Gasteiger partial charge in [0.05, 0.1) is 0 Å². The molecular formula is C14H16N4O. The Morgan fingerprint density at radius 1 is 1.32 bits per heavy atom. The number of hydrogen-bond donors (Lipinski definition) is 0. The fourth-order valence-electron chi connectivity index (χ4n) is 2.54. The highest BCUT2D eigenvalue weighted by Gasteiger charge is 2.27. The molecule has 1 amide bonds. The Labute approximate surface area is 111 Å². The van der Waals surface area contributed by atoms with E-state index in [4.69, 9.17) is 0 Å². The highest BCUT2D eigenvalue weighted by atomic mass is 16.2. The molecular weight excluding hydrogens is 240 g/mol. The third-order valence-electron chi connectivity index (χ3n) is 3.49. The third kappa shape index (κ3) is 2.36. The van der Waals surface area contributed by atoms with Gasteiger partial charge in [-0.15, -0.1) is 0 Å². The summed E-state index contributed by atoms with van der Waals surface area (Å²) in [6.07, 6.45) is 6.12. The average Bonchev–Trinajstić information content (AvgIpc) is 2.99. The fourth-order valence-corrected chi connectivity index (χ4v) is 2.54. The van der Waals surface area contributed by atoms with E-state index in [1.54, 1.807) is 17.3 Å². The zero-order valence-electron chi connectivity index (χ0n) is 10.9. The maximum atomic E-state index is 11.6. The Balaban J connectivity index is 1.80. The molecule has 0 saturated carbocycles. The van der Waals surface area contributed by atoms with Crippen molar-refractivity contribution in [3.05, 3.63) is 36.8 Å². The van der Waals surface area contributed by atoms with Crippen LogP contribution in [0.3, 0.4) is 0 Å². The molecule has 0 N–H and O–H groups in total. The summed E-state index contributed by atoms with van der Waals surface area (Å²) >= 11 is 0. The van der Waals surface area contributed by atoms with Crippen LogP contribution in [0, 0.1) is 5.92 Å². The van der Waals surface area contributed by atoms with Crippen LogP contribution in [0.5, 0.6) is 0 Å². The number of pyridine rings is 1. The molecule has 5 nitrogen and oxygen atoms in total. The van der Waals surface area contributed by atoms with E-state index in [-0.39, 0.29) is 5.91 Å². The summed E-state index contributed by atoms with van der Waals surface area (Å²) in [4.78, 5) is 22.0. The Morgan fingerprint density at radius 3 is 2.89 bits per heavy atom. The number of imidazole rings is 1. The van der Waals surface area contributed by atoms with E-state index in [0.717, 1.165) is 24.6 Å². The molecule has 98 valence electrons. The topological polar surface area (TPSA) is 51.0 Å².